The lowest BCUT2D eigenvalue weighted by molar-refractivity contribution is -0.143. The van der Waals surface area contributed by atoms with E-state index >= 15 is 0 Å². The number of amides is 1. The van der Waals surface area contributed by atoms with Crippen molar-refractivity contribution in [2.45, 2.75) is 58.4 Å². The van der Waals surface area contributed by atoms with Gasteiger partial charge in [-0.25, -0.2) is 0 Å². The van der Waals surface area contributed by atoms with Gasteiger partial charge in [-0.15, -0.1) is 0 Å². The largest absolute Gasteiger partial charge is 0.493 e. The zero-order valence-electron chi connectivity index (χ0n) is 21.2. The normalized spacial score (nSPS) is 11.8. The Morgan fingerprint density at radius 3 is 2.53 bits per heavy atom. The second-order valence-electron chi connectivity index (χ2n) is 8.66. The molecule has 2 heterocycles. The average molecular weight is 488 g/mol. The summed E-state index contributed by atoms with van der Waals surface area (Å²) in [6.45, 7) is 6.55. The first-order valence-corrected chi connectivity index (χ1v) is 12.4. The highest BCUT2D eigenvalue weighted by atomic mass is 16.5. The topological polar surface area (TPSA) is 81.9 Å². The highest BCUT2D eigenvalue weighted by molar-refractivity contribution is 6.14. The van der Waals surface area contributed by atoms with Gasteiger partial charge in [0.05, 0.1) is 25.0 Å². The van der Waals surface area contributed by atoms with Gasteiger partial charge in [-0.2, -0.15) is 0 Å². The molecule has 1 amide bonds. The predicted octanol–water partition coefficient (Wildman–Crippen LogP) is 5.56. The van der Waals surface area contributed by atoms with Crippen LogP contribution in [0.15, 0.2) is 65.4 Å². The van der Waals surface area contributed by atoms with Gasteiger partial charge in [0, 0.05) is 30.2 Å². The highest BCUT2D eigenvalue weighted by Crippen LogP contribution is 2.30. The number of rotatable bonds is 13. The van der Waals surface area contributed by atoms with E-state index in [1.165, 1.54) is 0 Å². The lowest BCUT2D eigenvalue weighted by atomic mass is 9.85. The molecule has 8 heteroatoms. The molecule has 0 aliphatic rings. The molecule has 2 radical (unpaired) electrons. The Morgan fingerprint density at radius 2 is 1.86 bits per heavy atom. The summed E-state index contributed by atoms with van der Waals surface area (Å²) >= 11 is 0. The monoisotopic (exact) mass is 488 g/mol. The molecule has 0 bridgehead atoms. The van der Waals surface area contributed by atoms with Crippen LogP contribution in [0.1, 0.15) is 68.3 Å². The number of unbranched alkanes of at least 4 members (excludes halogenated alkanes) is 2. The summed E-state index contributed by atoms with van der Waals surface area (Å²) in [6.07, 6.45) is 5.94. The Labute approximate surface area is 214 Å². The van der Waals surface area contributed by atoms with Crippen LogP contribution in [0.25, 0.3) is 11.5 Å². The Morgan fingerprint density at radius 1 is 1.06 bits per heavy atom. The van der Waals surface area contributed by atoms with Crippen molar-refractivity contribution >= 4 is 19.7 Å². The molecule has 1 aromatic carbocycles. The van der Waals surface area contributed by atoms with Crippen LogP contribution in [0.2, 0.25) is 0 Å². The minimum atomic E-state index is -0.706. The summed E-state index contributed by atoms with van der Waals surface area (Å²) in [7, 11) is 6.64. The number of pyridine rings is 1. The molecular formula is C28H33BN2O5. The number of ether oxygens (including phenoxy) is 2. The van der Waals surface area contributed by atoms with Gasteiger partial charge in [-0.1, -0.05) is 18.2 Å². The third-order valence-electron chi connectivity index (χ3n) is 5.70. The number of carbonyl (C=O) groups is 2. The van der Waals surface area contributed by atoms with E-state index in [0.29, 0.717) is 42.4 Å². The van der Waals surface area contributed by atoms with Crippen molar-refractivity contribution in [3.05, 3.63) is 72.1 Å². The Hall–Kier alpha value is -3.55. The molecule has 0 saturated heterocycles. The number of carbonyl (C=O) groups excluding carboxylic acids is 2. The number of furan rings is 1. The standard InChI is InChI=1S/C28H33BN2O5/c1-4-34-26(32)14-6-5-9-17-35-24-12-8-7-11-22(24)27(29)31(20(2)3)28(33)21-15-16-23(30-19-21)25-13-10-18-36-25/h7-8,10-13,15-16,18-20,27H,4-6,9,14,17H2,1-3H3. The summed E-state index contributed by atoms with van der Waals surface area (Å²) < 4.78 is 16.4. The van der Waals surface area contributed by atoms with Gasteiger partial charge in [0.2, 0.25) is 0 Å². The maximum Gasteiger partial charge on any atom is 0.305 e. The van der Waals surface area contributed by atoms with Crippen LogP contribution in [-0.4, -0.2) is 48.9 Å². The molecule has 1 atom stereocenters. The van der Waals surface area contributed by atoms with Gasteiger partial charge < -0.3 is 18.8 Å². The van der Waals surface area contributed by atoms with Crippen LogP contribution in [0.5, 0.6) is 5.75 Å². The minimum absolute atomic E-state index is 0.159. The Bertz CT molecular complexity index is 1100. The molecule has 188 valence electrons. The van der Waals surface area contributed by atoms with Crippen LogP contribution in [0.4, 0.5) is 0 Å². The Balaban J connectivity index is 1.65. The summed E-state index contributed by atoms with van der Waals surface area (Å²) in [4.78, 5) is 30.9. The van der Waals surface area contributed by atoms with E-state index in [0.717, 1.165) is 24.8 Å². The van der Waals surface area contributed by atoms with Crippen molar-refractivity contribution in [1.29, 1.82) is 0 Å². The molecule has 0 aliphatic carbocycles. The maximum absolute atomic E-state index is 13.4. The first-order chi connectivity index (χ1) is 17.4. The fourth-order valence-electron chi connectivity index (χ4n) is 3.89. The minimum Gasteiger partial charge on any atom is -0.493 e. The van der Waals surface area contributed by atoms with Gasteiger partial charge in [0.25, 0.3) is 5.91 Å². The van der Waals surface area contributed by atoms with E-state index in [9.17, 15) is 9.59 Å². The van der Waals surface area contributed by atoms with Gasteiger partial charge in [-0.05, 0) is 70.4 Å². The molecule has 0 fully saturated rings. The lowest BCUT2D eigenvalue weighted by Crippen LogP contribution is -2.40. The summed E-state index contributed by atoms with van der Waals surface area (Å²) in [5.41, 5.74) is 1.82. The van der Waals surface area contributed by atoms with Crippen LogP contribution in [-0.2, 0) is 9.53 Å². The fourth-order valence-corrected chi connectivity index (χ4v) is 3.89. The third kappa shape index (κ3) is 7.23. The number of aromatic nitrogens is 1. The smallest absolute Gasteiger partial charge is 0.305 e. The zero-order chi connectivity index (χ0) is 25.9. The van der Waals surface area contributed by atoms with E-state index in [1.54, 1.807) is 42.5 Å². The molecular weight excluding hydrogens is 455 g/mol. The summed E-state index contributed by atoms with van der Waals surface area (Å²) in [5, 5.41) is 0. The SMILES string of the molecule is [B]C(c1ccccc1OCCCCCC(=O)OCC)N(C(=O)c1ccc(-c2ccco2)nc1)C(C)C. The number of para-hydroxylation sites is 1. The van der Waals surface area contributed by atoms with Crippen LogP contribution >= 0.6 is 0 Å². The summed E-state index contributed by atoms with van der Waals surface area (Å²) in [5.74, 6) is 0.185. The summed E-state index contributed by atoms with van der Waals surface area (Å²) in [6, 6.07) is 14.4. The molecule has 1 unspecified atom stereocenters. The number of hydrogen-bond acceptors (Lipinski definition) is 6. The Kier molecular flexibility index (Phi) is 10.2. The quantitative estimate of drug-likeness (QED) is 0.178. The van der Waals surface area contributed by atoms with Crippen molar-refractivity contribution in [1.82, 2.24) is 9.88 Å². The first kappa shape index (κ1) is 27.0. The van der Waals surface area contributed by atoms with Gasteiger partial charge in [0.15, 0.2) is 5.76 Å². The predicted molar refractivity (Wildman–Crippen MR) is 139 cm³/mol. The number of benzene rings is 1. The molecule has 0 saturated carbocycles. The molecule has 3 aromatic rings. The highest BCUT2D eigenvalue weighted by Gasteiger charge is 2.27. The molecule has 7 nitrogen and oxygen atoms in total. The third-order valence-corrected chi connectivity index (χ3v) is 5.70. The number of hydrogen-bond donors (Lipinski definition) is 0. The van der Waals surface area contributed by atoms with E-state index < -0.39 is 5.94 Å². The second-order valence-corrected chi connectivity index (χ2v) is 8.66. The molecule has 0 N–H and O–H groups in total. The van der Waals surface area contributed by atoms with Crippen molar-refractivity contribution in [2.24, 2.45) is 0 Å². The average Bonchev–Trinajstić information content (AvgIpc) is 3.41. The van der Waals surface area contributed by atoms with Crippen LogP contribution in [0.3, 0.4) is 0 Å². The number of nitrogens with zero attached hydrogens (tertiary/aromatic N) is 2. The molecule has 0 aliphatic heterocycles. The molecule has 36 heavy (non-hydrogen) atoms. The van der Waals surface area contributed by atoms with Gasteiger partial charge >= 0.3 is 5.97 Å². The zero-order valence-corrected chi connectivity index (χ0v) is 21.2. The van der Waals surface area contributed by atoms with Gasteiger partial charge in [0.1, 0.15) is 19.3 Å². The van der Waals surface area contributed by atoms with E-state index in [4.69, 9.17) is 21.7 Å². The van der Waals surface area contributed by atoms with Crippen molar-refractivity contribution < 1.29 is 23.5 Å². The maximum atomic E-state index is 13.4. The fraction of sp³-hybridized carbons (Fsp3) is 0.393. The van der Waals surface area contributed by atoms with Crippen molar-refractivity contribution in [3.63, 3.8) is 0 Å². The van der Waals surface area contributed by atoms with Crippen LogP contribution in [0, 0.1) is 0 Å². The van der Waals surface area contributed by atoms with Crippen LogP contribution < -0.4 is 4.74 Å². The van der Waals surface area contributed by atoms with Crippen molar-refractivity contribution in [2.75, 3.05) is 13.2 Å². The second kappa shape index (κ2) is 13.5. The molecule has 3 rings (SSSR count). The van der Waals surface area contributed by atoms with Gasteiger partial charge in [-0.3, -0.25) is 14.6 Å². The van der Waals surface area contributed by atoms with E-state index in [-0.39, 0.29) is 17.9 Å². The molecule has 2 aromatic heterocycles. The number of esters is 1. The van der Waals surface area contributed by atoms with Crippen molar-refractivity contribution in [3.8, 4) is 17.2 Å². The van der Waals surface area contributed by atoms with E-state index in [2.05, 4.69) is 4.98 Å². The molecule has 0 spiro atoms. The lowest BCUT2D eigenvalue weighted by Gasteiger charge is -2.34. The first-order valence-electron chi connectivity index (χ1n) is 12.4. The van der Waals surface area contributed by atoms with E-state index in [1.807, 2.05) is 44.2 Å².